The standard InChI is InChI=1S/C25H29ClN4O3/c1-18-23(24(28-33-18)21-6-3-4-7-22(21)26)25(31)27-12-5-13-29-14-16-30(17-15-29)19-8-10-20(32-2)11-9-19/h3-4,6-11H,5,12-17H2,1-2H3,(H,27,31). The summed E-state index contributed by atoms with van der Waals surface area (Å²) in [5.74, 6) is 1.17. The zero-order valence-corrected chi connectivity index (χ0v) is 19.8. The Bertz CT molecular complexity index is 1080. The first kappa shape index (κ1) is 23.1. The predicted molar refractivity (Wildman–Crippen MR) is 130 cm³/mol. The molecule has 0 atom stereocenters. The number of benzene rings is 2. The number of piperazine rings is 1. The van der Waals surface area contributed by atoms with Crippen LogP contribution in [0.2, 0.25) is 5.02 Å². The maximum atomic E-state index is 12.8. The summed E-state index contributed by atoms with van der Waals surface area (Å²) in [5, 5.41) is 7.62. The van der Waals surface area contributed by atoms with Crippen LogP contribution in [0.4, 0.5) is 5.69 Å². The highest BCUT2D eigenvalue weighted by molar-refractivity contribution is 6.33. The highest BCUT2D eigenvalue weighted by atomic mass is 35.5. The summed E-state index contributed by atoms with van der Waals surface area (Å²) in [6.07, 6.45) is 0.875. The van der Waals surface area contributed by atoms with E-state index in [1.165, 1.54) is 5.69 Å². The largest absolute Gasteiger partial charge is 0.497 e. The Kier molecular flexibility index (Phi) is 7.52. The molecule has 1 aromatic heterocycles. The molecular weight excluding hydrogens is 440 g/mol. The summed E-state index contributed by atoms with van der Waals surface area (Å²) in [4.78, 5) is 17.7. The maximum Gasteiger partial charge on any atom is 0.257 e. The number of amides is 1. The van der Waals surface area contributed by atoms with Crippen molar-refractivity contribution in [1.82, 2.24) is 15.4 Å². The van der Waals surface area contributed by atoms with Crippen LogP contribution in [0.5, 0.6) is 5.75 Å². The lowest BCUT2D eigenvalue weighted by Gasteiger charge is -2.36. The Hall–Kier alpha value is -3.03. The van der Waals surface area contributed by atoms with Crippen molar-refractivity contribution >= 4 is 23.2 Å². The highest BCUT2D eigenvalue weighted by Crippen LogP contribution is 2.30. The van der Waals surface area contributed by atoms with E-state index >= 15 is 0 Å². The average Bonchev–Trinajstić information content (AvgIpc) is 3.23. The SMILES string of the molecule is COc1ccc(N2CCN(CCCNC(=O)c3c(-c4ccccc4Cl)noc3C)CC2)cc1. The van der Waals surface area contributed by atoms with Crippen molar-refractivity contribution in [2.75, 3.05) is 51.3 Å². The minimum atomic E-state index is -0.187. The van der Waals surface area contributed by atoms with Gasteiger partial charge in [-0.1, -0.05) is 35.0 Å². The van der Waals surface area contributed by atoms with Gasteiger partial charge in [-0.3, -0.25) is 9.69 Å². The van der Waals surface area contributed by atoms with Crippen LogP contribution in [0.1, 0.15) is 22.5 Å². The van der Waals surface area contributed by atoms with Crippen molar-refractivity contribution in [2.45, 2.75) is 13.3 Å². The van der Waals surface area contributed by atoms with Crippen molar-refractivity contribution in [2.24, 2.45) is 0 Å². The second-order valence-corrected chi connectivity index (χ2v) is 8.49. The molecule has 4 rings (SSSR count). The molecule has 33 heavy (non-hydrogen) atoms. The lowest BCUT2D eigenvalue weighted by atomic mass is 10.1. The van der Waals surface area contributed by atoms with E-state index in [0.29, 0.717) is 34.1 Å². The van der Waals surface area contributed by atoms with Gasteiger partial charge in [-0.05, 0) is 50.2 Å². The van der Waals surface area contributed by atoms with E-state index in [9.17, 15) is 4.79 Å². The third kappa shape index (κ3) is 5.49. The second kappa shape index (κ2) is 10.7. The number of aryl methyl sites for hydroxylation is 1. The number of halogens is 1. The van der Waals surface area contributed by atoms with E-state index in [1.54, 1.807) is 20.1 Å². The van der Waals surface area contributed by atoms with Crippen LogP contribution in [0.15, 0.2) is 53.1 Å². The first-order valence-corrected chi connectivity index (χ1v) is 11.6. The van der Waals surface area contributed by atoms with E-state index < -0.39 is 0 Å². The lowest BCUT2D eigenvalue weighted by molar-refractivity contribution is 0.0950. The van der Waals surface area contributed by atoms with Crippen LogP contribution in [0.3, 0.4) is 0 Å². The smallest absolute Gasteiger partial charge is 0.257 e. The molecule has 1 N–H and O–H groups in total. The number of aromatic nitrogens is 1. The molecular formula is C25H29ClN4O3. The summed E-state index contributed by atoms with van der Waals surface area (Å²) in [6.45, 7) is 7.24. The molecule has 174 valence electrons. The number of nitrogens with one attached hydrogen (secondary N) is 1. The third-order valence-electron chi connectivity index (χ3n) is 5.97. The fourth-order valence-electron chi connectivity index (χ4n) is 4.09. The number of nitrogens with zero attached hydrogens (tertiary/aromatic N) is 3. The topological polar surface area (TPSA) is 70.8 Å². The highest BCUT2D eigenvalue weighted by Gasteiger charge is 2.23. The predicted octanol–water partition coefficient (Wildman–Crippen LogP) is 4.25. The van der Waals surface area contributed by atoms with Crippen molar-refractivity contribution in [3.63, 3.8) is 0 Å². The summed E-state index contributed by atoms with van der Waals surface area (Å²) in [5.41, 5.74) is 2.83. The molecule has 1 fully saturated rings. The van der Waals surface area contributed by atoms with Gasteiger partial charge in [-0.15, -0.1) is 0 Å². The number of rotatable bonds is 8. The van der Waals surface area contributed by atoms with Crippen LogP contribution in [-0.4, -0.2) is 62.3 Å². The van der Waals surface area contributed by atoms with Crippen LogP contribution in [-0.2, 0) is 0 Å². The number of carbonyl (C=O) groups excluding carboxylic acids is 1. The Morgan fingerprint density at radius 2 is 1.85 bits per heavy atom. The van der Waals surface area contributed by atoms with Gasteiger partial charge in [-0.2, -0.15) is 0 Å². The van der Waals surface area contributed by atoms with Crippen molar-refractivity contribution < 1.29 is 14.1 Å². The van der Waals surface area contributed by atoms with Gasteiger partial charge in [-0.25, -0.2) is 0 Å². The van der Waals surface area contributed by atoms with E-state index in [1.807, 2.05) is 30.3 Å². The Labute approximate surface area is 199 Å². The summed E-state index contributed by atoms with van der Waals surface area (Å²) in [6, 6.07) is 15.5. The summed E-state index contributed by atoms with van der Waals surface area (Å²) in [7, 11) is 1.68. The molecule has 0 saturated carbocycles. The molecule has 0 unspecified atom stereocenters. The van der Waals surface area contributed by atoms with Gasteiger partial charge >= 0.3 is 0 Å². The molecule has 0 spiro atoms. The first-order valence-electron chi connectivity index (χ1n) is 11.2. The molecule has 0 aliphatic carbocycles. The van der Waals surface area contributed by atoms with Gasteiger partial charge in [0.1, 0.15) is 22.8 Å². The van der Waals surface area contributed by atoms with Crippen molar-refractivity contribution in [3.8, 4) is 17.0 Å². The van der Waals surface area contributed by atoms with Gasteiger partial charge in [0, 0.05) is 44.0 Å². The number of anilines is 1. The van der Waals surface area contributed by atoms with Crippen LogP contribution >= 0.6 is 11.6 Å². The second-order valence-electron chi connectivity index (χ2n) is 8.08. The van der Waals surface area contributed by atoms with Crippen LogP contribution in [0.25, 0.3) is 11.3 Å². The zero-order chi connectivity index (χ0) is 23.2. The molecule has 1 saturated heterocycles. The van der Waals surface area contributed by atoms with Gasteiger partial charge in [0.25, 0.3) is 5.91 Å². The third-order valence-corrected chi connectivity index (χ3v) is 6.29. The number of hydrogen-bond acceptors (Lipinski definition) is 6. The zero-order valence-electron chi connectivity index (χ0n) is 19.0. The molecule has 2 aromatic carbocycles. The fraction of sp³-hybridized carbons (Fsp3) is 0.360. The van der Waals surface area contributed by atoms with E-state index in [4.69, 9.17) is 20.9 Å². The number of ether oxygens (including phenoxy) is 1. The summed E-state index contributed by atoms with van der Waals surface area (Å²) >= 11 is 6.29. The first-order chi connectivity index (χ1) is 16.1. The maximum absolute atomic E-state index is 12.8. The number of hydrogen-bond donors (Lipinski definition) is 1. The molecule has 1 aliphatic rings. The van der Waals surface area contributed by atoms with Gasteiger partial charge in [0.2, 0.25) is 0 Å². The number of methoxy groups -OCH3 is 1. The van der Waals surface area contributed by atoms with Crippen molar-refractivity contribution in [3.05, 3.63) is 64.9 Å². The molecule has 2 heterocycles. The van der Waals surface area contributed by atoms with Crippen LogP contribution < -0.4 is 15.0 Å². The molecule has 3 aromatic rings. The van der Waals surface area contributed by atoms with Crippen molar-refractivity contribution in [1.29, 1.82) is 0 Å². The number of carbonyl (C=O) groups is 1. The molecule has 1 amide bonds. The Morgan fingerprint density at radius 3 is 2.55 bits per heavy atom. The molecule has 0 radical (unpaired) electrons. The van der Waals surface area contributed by atoms with Gasteiger partial charge < -0.3 is 19.5 Å². The molecule has 1 aliphatic heterocycles. The Morgan fingerprint density at radius 1 is 1.12 bits per heavy atom. The minimum Gasteiger partial charge on any atom is -0.497 e. The van der Waals surface area contributed by atoms with Gasteiger partial charge in [0.15, 0.2) is 0 Å². The quantitative estimate of drug-likeness (QED) is 0.498. The fourth-order valence-corrected chi connectivity index (χ4v) is 4.32. The normalized spacial score (nSPS) is 14.3. The summed E-state index contributed by atoms with van der Waals surface area (Å²) < 4.78 is 10.5. The molecule has 8 heteroatoms. The monoisotopic (exact) mass is 468 g/mol. The molecule has 0 bridgehead atoms. The average molecular weight is 469 g/mol. The lowest BCUT2D eigenvalue weighted by Crippen LogP contribution is -2.47. The Balaban J connectivity index is 1.24. The van der Waals surface area contributed by atoms with Gasteiger partial charge in [0.05, 0.1) is 12.1 Å². The van der Waals surface area contributed by atoms with E-state index in [-0.39, 0.29) is 5.91 Å². The molecule has 7 nitrogen and oxygen atoms in total. The van der Waals surface area contributed by atoms with Crippen LogP contribution in [0, 0.1) is 6.92 Å². The van der Waals surface area contributed by atoms with E-state index in [2.05, 4.69) is 32.4 Å². The minimum absolute atomic E-state index is 0.187. The van der Waals surface area contributed by atoms with E-state index in [0.717, 1.165) is 44.9 Å².